The Morgan fingerprint density at radius 1 is 1.54 bits per heavy atom. The fourth-order valence-electron chi connectivity index (χ4n) is 3.52. The largest absolute Gasteiger partial charge is 0.598 e. The maximum atomic E-state index is 11.8. The lowest BCUT2D eigenvalue weighted by atomic mass is 9.68. The Bertz CT molecular complexity index is 775. The van der Waals surface area contributed by atoms with Crippen molar-refractivity contribution in [1.29, 1.82) is 0 Å². The predicted molar refractivity (Wildman–Crippen MR) is 95.6 cm³/mol. The fraction of sp³-hybridized carbons (Fsp3) is 0.438. The first kappa shape index (κ1) is 16.0. The molecule has 2 aromatic rings. The van der Waals surface area contributed by atoms with Gasteiger partial charge in [0.1, 0.15) is 17.1 Å². The van der Waals surface area contributed by atoms with E-state index in [1.807, 2.05) is 19.2 Å². The van der Waals surface area contributed by atoms with Gasteiger partial charge in [-0.2, -0.15) is 0 Å². The summed E-state index contributed by atoms with van der Waals surface area (Å²) in [5.41, 5.74) is 2.94. The van der Waals surface area contributed by atoms with Crippen molar-refractivity contribution >= 4 is 35.1 Å². The monoisotopic (exact) mass is 345 g/mol. The summed E-state index contributed by atoms with van der Waals surface area (Å²) < 4.78 is 20.5. The molecule has 0 aromatic carbocycles. The standard InChI is InChI=1S/C16H20BN3O3S/c1-2-5-24(22)20-11-6-10(7-11)13-8-17(21)23-14-9-19-16-12(15(13)14)3-4-18-16/h3-4,8-11,20-21H,2,5-7H2,1H3,(H,18,19). The van der Waals surface area contributed by atoms with Crippen LogP contribution in [0.2, 0.25) is 0 Å². The van der Waals surface area contributed by atoms with E-state index in [1.165, 1.54) is 0 Å². The van der Waals surface area contributed by atoms with Gasteiger partial charge in [-0.15, -0.1) is 4.72 Å². The van der Waals surface area contributed by atoms with Gasteiger partial charge in [-0.3, -0.25) is 0 Å². The SMILES string of the molecule is CCC[S+]([O-])NC1CC(C2=CB(O)Oc3cnc4[nH]ccc4c32)C1. The molecule has 1 aliphatic heterocycles. The van der Waals surface area contributed by atoms with E-state index < -0.39 is 18.5 Å². The average molecular weight is 345 g/mol. The maximum Gasteiger partial charge on any atom is 0.552 e. The Morgan fingerprint density at radius 3 is 3.17 bits per heavy atom. The molecule has 0 saturated heterocycles. The van der Waals surface area contributed by atoms with Gasteiger partial charge in [0, 0.05) is 28.5 Å². The number of rotatable bonds is 5. The summed E-state index contributed by atoms with van der Waals surface area (Å²) in [4.78, 5) is 7.45. The second-order valence-corrected chi connectivity index (χ2v) is 7.74. The first-order chi connectivity index (χ1) is 11.7. The zero-order chi connectivity index (χ0) is 16.7. The van der Waals surface area contributed by atoms with Crippen molar-refractivity contribution in [2.45, 2.75) is 32.2 Å². The molecule has 1 aliphatic carbocycles. The smallest absolute Gasteiger partial charge is 0.552 e. The number of pyridine rings is 1. The van der Waals surface area contributed by atoms with Crippen LogP contribution < -0.4 is 9.38 Å². The van der Waals surface area contributed by atoms with Gasteiger partial charge in [0.05, 0.1) is 12.2 Å². The second kappa shape index (κ2) is 6.44. The van der Waals surface area contributed by atoms with E-state index >= 15 is 0 Å². The third-order valence-corrected chi connectivity index (χ3v) is 6.05. The quantitative estimate of drug-likeness (QED) is 0.568. The van der Waals surface area contributed by atoms with Crippen LogP contribution in [-0.2, 0) is 11.4 Å². The summed E-state index contributed by atoms with van der Waals surface area (Å²) in [6, 6.07) is 2.26. The zero-order valence-electron chi connectivity index (χ0n) is 13.5. The fourth-order valence-corrected chi connectivity index (χ4v) is 4.57. The Labute approximate surface area is 144 Å². The average Bonchev–Trinajstić information content (AvgIpc) is 2.98. The number of aromatic amines is 1. The van der Waals surface area contributed by atoms with Gasteiger partial charge in [-0.25, -0.2) is 4.98 Å². The molecule has 0 bridgehead atoms. The van der Waals surface area contributed by atoms with Crippen LogP contribution in [0.4, 0.5) is 0 Å². The molecule has 3 N–H and O–H groups in total. The molecule has 2 aromatic heterocycles. The molecular weight excluding hydrogens is 325 g/mol. The summed E-state index contributed by atoms with van der Waals surface area (Å²) >= 11 is -0.945. The summed E-state index contributed by atoms with van der Waals surface area (Å²) in [7, 11) is -0.938. The van der Waals surface area contributed by atoms with Gasteiger partial charge in [0.15, 0.2) is 0 Å². The van der Waals surface area contributed by atoms with Crippen LogP contribution in [0.3, 0.4) is 0 Å². The minimum absolute atomic E-state index is 0.273. The van der Waals surface area contributed by atoms with E-state index in [1.54, 1.807) is 12.2 Å². The van der Waals surface area contributed by atoms with Crippen molar-refractivity contribution in [3.63, 3.8) is 0 Å². The van der Waals surface area contributed by atoms with Gasteiger partial charge in [-0.1, -0.05) is 6.92 Å². The Morgan fingerprint density at radius 2 is 2.38 bits per heavy atom. The normalized spacial score (nSPS) is 24.1. The van der Waals surface area contributed by atoms with Gasteiger partial charge >= 0.3 is 7.12 Å². The van der Waals surface area contributed by atoms with Crippen molar-refractivity contribution in [3.05, 3.63) is 30.0 Å². The van der Waals surface area contributed by atoms with Gasteiger partial charge < -0.3 is 19.2 Å². The van der Waals surface area contributed by atoms with Gasteiger partial charge in [0.25, 0.3) is 0 Å². The van der Waals surface area contributed by atoms with E-state index in [0.29, 0.717) is 17.4 Å². The van der Waals surface area contributed by atoms with Crippen molar-refractivity contribution < 1.29 is 14.2 Å². The number of hydrogen-bond acceptors (Lipinski definition) is 5. The highest BCUT2D eigenvalue weighted by atomic mass is 32.2. The van der Waals surface area contributed by atoms with Crippen LogP contribution in [0.25, 0.3) is 16.6 Å². The first-order valence-electron chi connectivity index (χ1n) is 8.33. The molecule has 3 heterocycles. The van der Waals surface area contributed by atoms with Crippen molar-refractivity contribution in [2.75, 3.05) is 5.75 Å². The topological polar surface area (TPSA) is 93.2 Å². The van der Waals surface area contributed by atoms with E-state index in [2.05, 4.69) is 14.7 Å². The third-order valence-electron chi connectivity index (χ3n) is 4.68. The second-order valence-electron chi connectivity index (χ2n) is 6.40. The highest BCUT2D eigenvalue weighted by Gasteiger charge is 2.39. The Kier molecular flexibility index (Phi) is 4.30. The van der Waals surface area contributed by atoms with E-state index in [4.69, 9.17) is 4.65 Å². The third kappa shape index (κ3) is 2.84. The van der Waals surface area contributed by atoms with Crippen LogP contribution >= 0.6 is 0 Å². The number of fused-ring (bicyclic) bond motifs is 3. The molecule has 24 heavy (non-hydrogen) atoms. The first-order valence-corrected chi connectivity index (χ1v) is 9.65. The lowest BCUT2D eigenvalue weighted by Gasteiger charge is -2.38. The molecule has 1 fully saturated rings. The molecule has 6 nitrogen and oxygen atoms in total. The number of H-pyrrole nitrogens is 1. The van der Waals surface area contributed by atoms with Crippen LogP contribution in [0.5, 0.6) is 5.75 Å². The lowest BCUT2D eigenvalue weighted by Crippen LogP contribution is -2.45. The number of nitrogens with one attached hydrogen (secondary N) is 2. The van der Waals surface area contributed by atoms with Crippen LogP contribution in [0.1, 0.15) is 31.7 Å². The highest BCUT2D eigenvalue weighted by molar-refractivity contribution is 7.89. The number of allylic oxidation sites excluding steroid dienone is 1. The van der Waals surface area contributed by atoms with E-state index in [9.17, 15) is 9.58 Å². The molecule has 126 valence electrons. The van der Waals surface area contributed by atoms with Gasteiger partial charge in [0.2, 0.25) is 0 Å². The van der Waals surface area contributed by atoms with Gasteiger partial charge in [-0.05, 0) is 42.8 Å². The van der Waals surface area contributed by atoms with E-state index in [-0.39, 0.29) is 6.04 Å². The summed E-state index contributed by atoms with van der Waals surface area (Å²) in [6.07, 6.45) is 6.27. The molecule has 0 amide bonds. The molecular formula is C16H20BN3O3S. The molecule has 0 spiro atoms. The number of hydrogen-bond donors (Lipinski definition) is 3. The summed E-state index contributed by atoms with van der Waals surface area (Å²) in [6.45, 7) is 2.03. The van der Waals surface area contributed by atoms with Crippen molar-refractivity contribution in [3.8, 4) is 5.75 Å². The lowest BCUT2D eigenvalue weighted by molar-refractivity contribution is 0.308. The molecule has 1 atom stereocenters. The zero-order valence-corrected chi connectivity index (χ0v) is 14.3. The van der Waals surface area contributed by atoms with Crippen LogP contribution in [0.15, 0.2) is 24.4 Å². The van der Waals surface area contributed by atoms with Crippen molar-refractivity contribution in [1.82, 2.24) is 14.7 Å². The van der Waals surface area contributed by atoms with E-state index in [0.717, 1.165) is 41.4 Å². The maximum absolute atomic E-state index is 11.8. The minimum atomic E-state index is -0.945. The van der Waals surface area contributed by atoms with Crippen molar-refractivity contribution in [2.24, 2.45) is 5.92 Å². The van der Waals surface area contributed by atoms with Crippen LogP contribution in [0, 0.1) is 5.92 Å². The molecule has 8 heteroatoms. The minimum Gasteiger partial charge on any atom is -0.598 e. The molecule has 1 saturated carbocycles. The molecule has 1 unspecified atom stereocenters. The highest BCUT2D eigenvalue weighted by Crippen LogP contribution is 2.46. The summed E-state index contributed by atoms with van der Waals surface area (Å²) in [5, 5.41) is 11.0. The Hall–Kier alpha value is -1.48. The molecule has 0 radical (unpaired) electrons. The number of aromatic nitrogens is 2. The summed E-state index contributed by atoms with van der Waals surface area (Å²) in [5.74, 6) is 3.44. The number of nitrogens with zero attached hydrogens (tertiary/aromatic N) is 1. The Balaban J connectivity index is 1.55. The predicted octanol–water partition coefficient (Wildman–Crippen LogP) is 1.80. The molecule has 2 aliphatic rings. The molecule has 4 rings (SSSR count). The van der Waals surface area contributed by atoms with Crippen LogP contribution in [-0.4, -0.2) is 38.5 Å².